The molecule has 1 aliphatic rings. The van der Waals surface area contributed by atoms with Crippen LogP contribution in [0.3, 0.4) is 0 Å². The molecule has 1 aromatic carbocycles. The third-order valence-corrected chi connectivity index (χ3v) is 5.58. The van der Waals surface area contributed by atoms with E-state index in [1.165, 1.54) is 6.26 Å². The van der Waals surface area contributed by atoms with Gasteiger partial charge in [-0.3, -0.25) is 4.79 Å². The Kier molecular flexibility index (Phi) is 4.09. The summed E-state index contributed by atoms with van der Waals surface area (Å²) >= 11 is 0. The van der Waals surface area contributed by atoms with Gasteiger partial charge in [-0.1, -0.05) is 36.2 Å². The zero-order valence-electron chi connectivity index (χ0n) is 11.4. The minimum atomic E-state index is -3.03. The largest absolute Gasteiger partial charge is 0.294 e. The maximum absolute atomic E-state index is 12.4. The Balaban J connectivity index is 2.13. The third kappa shape index (κ3) is 3.44. The maximum Gasteiger partial charge on any atom is 0.165 e. The van der Waals surface area contributed by atoms with Gasteiger partial charge in [-0.05, 0) is 26.2 Å². The molecule has 19 heavy (non-hydrogen) atoms. The number of carbonyl (C=O) groups is 1. The van der Waals surface area contributed by atoms with Crippen LogP contribution in [-0.2, 0) is 9.84 Å². The highest BCUT2D eigenvalue weighted by atomic mass is 32.2. The van der Waals surface area contributed by atoms with E-state index in [-0.39, 0.29) is 17.0 Å². The second kappa shape index (κ2) is 5.45. The average Bonchev–Trinajstić information content (AvgIpc) is 2.38. The Morgan fingerprint density at radius 3 is 2.37 bits per heavy atom. The van der Waals surface area contributed by atoms with Crippen LogP contribution in [0.5, 0.6) is 0 Å². The molecule has 4 heteroatoms. The summed E-state index contributed by atoms with van der Waals surface area (Å²) in [5, 5.41) is -0.347. The van der Waals surface area contributed by atoms with Crippen LogP contribution in [0.25, 0.3) is 0 Å². The van der Waals surface area contributed by atoms with E-state index in [1.807, 2.05) is 31.2 Å². The quantitative estimate of drug-likeness (QED) is 0.800. The fourth-order valence-electron chi connectivity index (χ4n) is 2.73. The van der Waals surface area contributed by atoms with E-state index in [0.29, 0.717) is 18.4 Å². The van der Waals surface area contributed by atoms with E-state index < -0.39 is 9.84 Å². The van der Waals surface area contributed by atoms with Crippen LogP contribution in [0.4, 0.5) is 0 Å². The molecule has 2 rings (SSSR count). The summed E-state index contributed by atoms with van der Waals surface area (Å²) in [6.45, 7) is 1.98. The number of ketones is 1. The Labute approximate surface area is 114 Å². The van der Waals surface area contributed by atoms with Crippen LogP contribution >= 0.6 is 0 Å². The van der Waals surface area contributed by atoms with E-state index >= 15 is 0 Å². The standard InChI is InChI=1S/C15H20O3S/c1-11-6-8-12(9-7-11)15(16)13-4-3-5-14(10-13)19(2,17)18/h6-9,13-14H,3-5,10H2,1-2H3. The summed E-state index contributed by atoms with van der Waals surface area (Å²) in [6.07, 6.45) is 4.07. The molecule has 1 fully saturated rings. The van der Waals surface area contributed by atoms with Gasteiger partial charge in [0.05, 0.1) is 5.25 Å². The van der Waals surface area contributed by atoms with E-state index in [1.54, 1.807) is 0 Å². The predicted molar refractivity (Wildman–Crippen MR) is 76.1 cm³/mol. The average molecular weight is 280 g/mol. The van der Waals surface area contributed by atoms with Gasteiger partial charge in [-0.25, -0.2) is 8.42 Å². The first-order chi connectivity index (χ1) is 8.88. The number of sulfone groups is 1. The Morgan fingerprint density at radius 1 is 1.16 bits per heavy atom. The molecule has 0 N–H and O–H groups in total. The summed E-state index contributed by atoms with van der Waals surface area (Å²) in [7, 11) is -3.03. The molecule has 0 amide bonds. The SMILES string of the molecule is Cc1ccc(C(=O)C2CCCC(S(C)(=O)=O)C2)cc1. The molecular weight excluding hydrogens is 260 g/mol. The van der Waals surface area contributed by atoms with Crippen molar-refractivity contribution < 1.29 is 13.2 Å². The lowest BCUT2D eigenvalue weighted by molar-refractivity contribution is 0.0891. The molecule has 2 unspecified atom stereocenters. The number of Topliss-reactive ketones (excluding diaryl/α,β-unsaturated/α-hetero) is 1. The molecule has 1 saturated carbocycles. The fourth-order valence-corrected chi connectivity index (χ4v) is 3.90. The molecule has 1 aromatic rings. The number of carbonyl (C=O) groups excluding carboxylic acids is 1. The highest BCUT2D eigenvalue weighted by Crippen LogP contribution is 2.30. The van der Waals surface area contributed by atoms with E-state index in [4.69, 9.17) is 0 Å². The lowest BCUT2D eigenvalue weighted by Crippen LogP contribution is -2.31. The third-order valence-electron chi connectivity index (χ3n) is 3.94. The first-order valence-electron chi connectivity index (χ1n) is 6.67. The minimum Gasteiger partial charge on any atom is -0.294 e. The number of aryl methyl sites for hydroxylation is 1. The molecule has 0 aromatic heterocycles. The summed E-state index contributed by atoms with van der Waals surface area (Å²) in [5.74, 6) is -0.0514. The lowest BCUT2D eigenvalue weighted by atomic mass is 9.83. The molecule has 0 aliphatic heterocycles. The van der Waals surface area contributed by atoms with Crippen LogP contribution in [0.15, 0.2) is 24.3 Å². The molecule has 0 radical (unpaired) electrons. The van der Waals surface area contributed by atoms with Gasteiger partial charge in [0.1, 0.15) is 9.84 Å². The minimum absolute atomic E-state index is 0.0911. The molecule has 2 atom stereocenters. The Bertz CT molecular complexity index is 558. The predicted octanol–water partition coefficient (Wildman–Crippen LogP) is 2.78. The highest BCUT2D eigenvalue weighted by Gasteiger charge is 2.32. The monoisotopic (exact) mass is 280 g/mol. The van der Waals surface area contributed by atoms with Crippen LogP contribution in [0.1, 0.15) is 41.6 Å². The van der Waals surface area contributed by atoms with Gasteiger partial charge in [-0.2, -0.15) is 0 Å². The summed E-state index contributed by atoms with van der Waals surface area (Å²) in [4.78, 5) is 12.4. The van der Waals surface area contributed by atoms with Gasteiger partial charge in [0.25, 0.3) is 0 Å². The van der Waals surface area contributed by atoms with Crippen LogP contribution in [0, 0.1) is 12.8 Å². The molecule has 0 saturated heterocycles. The molecule has 0 bridgehead atoms. The van der Waals surface area contributed by atoms with Crippen molar-refractivity contribution in [2.24, 2.45) is 5.92 Å². The molecule has 0 heterocycles. The topological polar surface area (TPSA) is 51.2 Å². The number of rotatable bonds is 3. The highest BCUT2D eigenvalue weighted by molar-refractivity contribution is 7.91. The van der Waals surface area contributed by atoms with Gasteiger partial charge >= 0.3 is 0 Å². The molecule has 3 nitrogen and oxygen atoms in total. The van der Waals surface area contributed by atoms with Gasteiger partial charge in [0.2, 0.25) is 0 Å². The van der Waals surface area contributed by atoms with Crippen molar-refractivity contribution in [3.8, 4) is 0 Å². The summed E-state index contributed by atoms with van der Waals surface area (Å²) < 4.78 is 23.2. The van der Waals surface area contributed by atoms with E-state index in [2.05, 4.69) is 0 Å². The van der Waals surface area contributed by atoms with Crippen molar-refractivity contribution in [1.29, 1.82) is 0 Å². The van der Waals surface area contributed by atoms with Crippen molar-refractivity contribution in [1.82, 2.24) is 0 Å². The van der Waals surface area contributed by atoms with E-state index in [9.17, 15) is 13.2 Å². The summed E-state index contributed by atoms with van der Waals surface area (Å²) in [6, 6.07) is 7.51. The first kappa shape index (κ1) is 14.3. The van der Waals surface area contributed by atoms with Crippen LogP contribution < -0.4 is 0 Å². The maximum atomic E-state index is 12.4. The first-order valence-corrected chi connectivity index (χ1v) is 8.63. The number of hydrogen-bond donors (Lipinski definition) is 0. The van der Waals surface area contributed by atoms with E-state index in [0.717, 1.165) is 18.4 Å². The zero-order chi connectivity index (χ0) is 14.0. The Hall–Kier alpha value is -1.16. The molecular formula is C15H20O3S. The normalized spacial score (nSPS) is 24.1. The van der Waals surface area contributed by atoms with Crippen molar-refractivity contribution in [2.45, 2.75) is 37.9 Å². The smallest absolute Gasteiger partial charge is 0.165 e. The van der Waals surface area contributed by atoms with Crippen molar-refractivity contribution >= 4 is 15.6 Å². The second-order valence-corrected chi connectivity index (χ2v) is 7.87. The van der Waals surface area contributed by atoms with Crippen molar-refractivity contribution in [2.75, 3.05) is 6.26 Å². The lowest BCUT2D eigenvalue weighted by Gasteiger charge is -2.27. The number of benzene rings is 1. The van der Waals surface area contributed by atoms with Crippen LogP contribution in [0.2, 0.25) is 0 Å². The Morgan fingerprint density at radius 2 is 1.79 bits per heavy atom. The van der Waals surface area contributed by atoms with Crippen molar-refractivity contribution in [3.63, 3.8) is 0 Å². The molecule has 0 spiro atoms. The van der Waals surface area contributed by atoms with Crippen LogP contribution in [-0.4, -0.2) is 25.7 Å². The van der Waals surface area contributed by atoms with Crippen molar-refractivity contribution in [3.05, 3.63) is 35.4 Å². The molecule has 1 aliphatic carbocycles. The van der Waals surface area contributed by atoms with Gasteiger partial charge in [-0.15, -0.1) is 0 Å². The van der Waals surface area contributed by atoms with Gasteiger partial charge in [0.15, 0.2) is 5.78 Å². The zero-order valence-corrected chi connectivity index (χ0v) is 12.2. The molecule has 104 valence electrons. The summed E-state index contributed by atoms with van der Waals surface area (Å²) in [5.41, 5.74) is 1.82. The number of hydrogen-bond acceptors (Lipinski definition) is 3. The van der Waals surface area contributed by atoms with Gasteiger partial charge in [0, 0.05) is 17.7 Å². The second-order valence-electron chi connectivity index (χ2n) is 5.55. The van der Waals surface area contributed by atoms with Gasteiger partial charge < -0.3 is 0 Å². The fraction of sp³-hybridized carbons (Fsp3) is 0.533.